The summed E-state index contributed by atoms with van der Waals surface area (Å²) < 4.78 is 1.06. The Morgan fingerprint density at radius 1 is 1.35 bits per heavy atom. The van der Waals surface area contributed by atoms with Gasteiger partial charge < -0.3 is 4.90 Å². The van der Waals surface area contributed by atoms with Crippen LogP contribution in [0.3, 0.4) is 0 Å². The quantitative estimate of drug-likeness (QED) is 0.786. The van der Waals surface area contributed by atoms with Crippen molar-refractivity contribution in [2.45, 2.75) is 38.8 Å². The molecule has 2 aliphatic heterocycles. The van der Waals surface area contributed by atoms with Crippen molar-refractivity contribution in [1.29, 1.82) is 0 Å². The van der Waals surface area contributed by atoms with E-state index in [4.69, 9.17) is 0 Å². The first-order valence-corrected chi connectivity index (χ1v) is 8.16. The summed E-state index contributed by atoms with van der Waals surface area (Å²) in [6, 6.07) is 6.76. The van der Waals surface area contributed by atoms with E-state index < -0.39 is 0 Å². The van der Waals surface area contributed by atoms with Crippen molar-refractivity contribution in [2.24, 2.45) is 0 Å². The molecular formula is C16H21BrN2O. The van der Waals surface area contributed by atoms with Crippen molar-refractivity contribution >= 4 is 21.8 Å². The Balaban J connectivity index is 1.80. The molecule has 3 nitrogen and oxygen atoms in total. The topological polar surface area (TPSA) is 23.6 Å². The van der Waals surface area contributed by atoms with E-state index in [0.29, 0.717) is 12.1 Å². The van der Waals surface area contributed by atoms with Crippen LogP contribution in [0.25, 0.3) is 0 Å². The fourth-order valence-electron chi connectivity index (χ4n) is 3.41. The minimum absolute atomic E-state index is 0.180. The van der Waals surface area contributed by atoms with Crippen LogP contribution in [0.15, 0.2) is 22.7 Å². The van der Waals surface area contributed by atoms with Gasteiger partial charge in [-0.2, -0.15) is 0 Å². The fourth-order valence-corrected chi connectivity index (χ4v) is 3.66. The number of hydrogen-bond acceptors (Lipinski definition) is 2. The minimum Gasteiger partial charge on any atom is -0.333 e. The summed E-state index contributed by atoms with van der Waals surface area (Å²) in [5.41, 5.74) is 1.92. The van der Waals surface area contributed by atoms with Crippen LogP contribution in [0.5, 0.6) is 0 Å². The van der Waals surface area contributed by atoms with E-state index in [1.165, 1.54) is 19.4 Å². The number of carbonyl (C=O) groups is 1. The van der Waals surface area contributed by atoms with Gasteiger partial charge in [-0.3, -0.25) is 9.69 Å². The number of halogens is 1. The van der Waals surface area contributed by atoms with Gasteiger partial charge in [-0.15, -0.1) is 0 Å². The molecule has 2 unspecified atom stereocenters. The first-order chi connectivity index (χ1) is 9.56. The van der Waals surface area contributed by atoms with Gasteiger partial charge in [0.1, 0.15) is 0 Å². The molecule has 0 N–H and O–H groups in total. The van der Waals surface area contributed by atoms with Gasteiger partial charge >= 0.3 is 0 Å². The Morgan fingerprint density at radius 3 is 2.90 bits per heavy atom. The van der Waals surface area contributed by atoms with Crippen molar-refractivity contribution in [2.75, 3.05) is 19.6 Å². The molecule has 0 aromatic heterocycles. The van der Waals surface area contributed by atoms with Crippen molar-refractivity contribution in [1.82, 2.24) is 9.80 Å². The lowest BCUT2D eigenvalue weighted by atomic mass is 10.0. The molecule has 0 aliphatic carbocycles. The van der Waals surface area contributed by atoms with E-state index in [1.54, 1.807) is 0 Å². The molecule has 2 fully saturated rings. The van der Waals surface area contributed by atoms with Crippen LogP contribution in [0.2, 0.25) is 0 Å². The number of benzene rings is 1. The average Bonchev–Trinajstić information content (AvgIpc) is 2.87. The summed E-state index contributed by atoms with van der Waals surface area (Å²) in [5.74, 6) is 0.180. The zero-order valence-corrected chi connectivity index (χ0v) is 13.7. The highest BCUT2D eigenvalue weighted by Gasteiger charge is 2.36. The standard InChI is InChI=1S/C16H21BrN2O/c1-11-8-13(5-6-15(11)17)16(20)19-10-14-4-3-7-18(14)9-12(19)2/h5-6,8,12,14H,3-4,7,9-10H2,1-2H3. The van der Waals surface area contributed by atoms with E-state index >= 15 is 0 Å². The zero-order chi connectivity index (χ0) is 14.3. The monoisotopic (exact) mass is 336 g/mol. The first kappa shape index (κ1) is 14.1. The van der Waals surface area contributed by atoms with Crippen molar-refractivity contribution < 1.29 is 4.79 Å². The number of aryl methyl sites for hydroxylation is 1. The van der Waals surface area contributed by atoms with Gasteiger partial charge in [0.2, 0.25) is 0 Å². The molecule has 4 heteroatoms. The molecule has 2 saturated heterocycles. The molecule has 108 valence electrons. The molecule has 20 heavy (non-hydrogen) atoms. The molecule has 1 aromatic carbocycles. The molecule has 0 radical (unpaired) electrons. The summed E-state index contributed by atoms with van der Waals surface area (Å²) in [5, 5.41) is 0. The molecule has 2 heterocycles. The zero-order valence-electron chi connectivity index (χ0n) is 12.1. The Labute approximate surface area is 129 Å². The van der Waals surface area contributed by atoms with Crippen LogP contribution >= 0.6 is 15.9 Å². The number of hydrogen-bond donors (Lipinski definition) is 0. The van der Waals surface area contributed by atoms with E-state index in [9.17, 15) is 4.79 Å². The smallest absolute Gasteiger partial charge is 0.254 e. The second kappa shape index (κ2) is 5.49. The second-order valence-corrected chi connectivity index (χ2v) is 6.92. The molecule has 1 aromatic rings. The summed E-state index contributed by atoms with van der Waals surface area (Å²) in [6.45, 7) is 7.30. The van der Waals surface area contributed by atoms with Gasteiger partial charge in [-0.05, 0) is 57.0 Å². The molecule has 2 aliphatic rings. The summed E-state index contributed by atoms with van der Waals surface area (Å²) in [4.78, 5) is 17.4. The molecule has 2 atom stereocenters. The second-order valence-electron chi connectivity index (χ2n) is 6.06. The summed E-state index contributed by atoms with van der Waals surface area (Å²) in [6.07, 6.45) is 2.51. The van der Waals surface area contributed by atoms with Crippen LogP contribution in [0, 0.1) is 6.92 Å². The number of rotatable bonds is 1. The first-order valence-electron chi connectivity index (χ1n) is 7.37. The van der Waals surface area contributed by atoms with E-state index in [-0.39, 0.29) is 5.91 Å². The lowest BCUT2D eigenvalue weighted by Gasteiger charge is -2.42. The average molecular weight is 337 g/mol. The maximum absolute atomic E-state index is 12.8. The minimum atomic E-state index is 0.180. The van der Waals surface area contributed by atoms with Crippen LogP contribution in [-0.4, -0.2) is 47.4 Å². The Kier molecular flexibility index (Phi) is 3.87. The molecule has 0 saturated carbocycles. The highest BCUT2D eigenvalue weighted by atomic mass is 79.9. The number of piperazine rings is 1. The van der Waals surface area contributed by atoms with Gasteiger partial charge in [-0.1, -0.05) is 15.9 Å². The fraction of sp³-hybridized carbons (Fsp3) is 0.562. The van der Waals surface area contributed by atoms with Crippen LogP contribution < -0.4 is 0 Å². The van der Waals surface area contributed by atoms with Gasteiger partial charge in [0, 0.05) is 35.2 Å². The predicted octanol–water partition coefficient (Wildman–Crippen LogP) is 3.07. The number of carbonyl (C=O) groups excluding carboxylic acids is 1. The summed E-state index contributed by atoms with van der Waals surface area (Å²) in [7, 11) is 0. The predicted molar refractivity (Wildman–Crippen MR) is 84.0 cm³/mol. The molecular weight excluding hydrogens is 316 g/mol. The number of nitrogens with zero attached hydrogens (tertiary/aromatic N) is 2. The van der Waals surface area contributed by atoms with Gasteiger partial charge in [-0.25, -0.2) is 0 Å². The third kappa shape index (κ3) is 2.51. The van der Waals surface area contributed by atoms with Crippen LogP contribution in [-0.2, 0) is 0 Å². The van der Waals surface area contributed by atoms with Crippen LogP contribution in [0.1, 0.15) is 35.7 Å². The van der Waals surface area contributed by atoms with Gasteiger partial charge in [0.15, 0.2) is 0 Å². The van der Waals surface area contributed by atoms with E-state index in [2.05, 4.69) is 32.7 Å². The Bertz CT molecular complexity index is 531. The lowest BCUT2D eigenvalue weighted by molar-refractivity contribution is 0.0395. The van der Waals surface area contributed by atoms with Gasteiger partial charge in [0.05, 0.1) is 0 Å². The van der Waals surface area contributed by atoms with E-state index in [1.807, 2.05) is 25.1 Å². The Hall–Kier alpha value is -0.870. The highest BCUT2D eigenvalue weighted by Crippen LogP contribution is 2.26. The SMILES string of the molecule is Cc1cc(C(=O)N2CC3CCCN3CC2C)ccc1Br. The maximum atomic E-state index is 12.8. The molecule has 0 bridgehead atoms. The van der Waals surface area contributed by atoms with E-state index in [0.717, 1.165) is 28.7 Å². The molecule has 3 rings (SSSR count). The molecule has 1 amide bonds. The Morgan fingerprint density at radius 2 is 2.15 bits per heavy atom. The normalized spacial score (nSPS) is 26.6. The summed E-state index contributed by atoms with van der Waals surface area (Å²) >= 11 is 3.49. The third-order valence-corrected chi connectivity index (χ3v) is 5.49. The third-order valence-electron chi connectivity index (χ3n) is 4.60. The molecule has 0 spiro atoms. The number of fused-ring (bicyclic) bond motifs is 1. The van der Waals surface area contributed by atoms with Gasteiger partial charge in [0.25, 0.3) is 5.91 Å². The number of amides is 1. The van der Waals surface area contributed by atoms with Crippen molar-refractivity contribution in [3.05, 3.63) is 33.8 Å². The van der Waals surface area contributed by atoms with Crippen molar-refractivity contribution in [3.8, 4) is 0 Å². The van der Waals surface area contributed by atoms with Crippen molar-refractivity contribution in [3.63, 3.8) is 0 Å². The van der Waals surface area contributed by atoms with Crippen LogP contribution in [0.4, 0.5) is 0 Å². The lowest BCUT2D eigenvalue weighted by Crippen LogP contribution is -2.56. The largest absolute Gasteiger partial charge is 0.333 e. The maximum Gasteiger partial charge on any atom is 0.254 e. The highest BCUT2D eigenvalue weighted by molar-refractivity contribution is 9.10.